The van der Waals surface area contributed by atoms with Crippen LogP contribution >= 0.6 is 0 Å². The number of nitrogens with one attached hydrogen (secondary N) is 1. The van der Waals surface area contributed by atoms with Crippen LogP contribution in [0.4, 0.5) is 0 Å². The Bertz CT molecular complexity index is 613. The number of aliphatic hydroxyl groups is 2. The molecule has 0 spiro atoms. The Hall–Kier alpha value is -1.39. The van der Waals surface area contributed by atoms with Crippen LogP contribution in [-0.2, 0) is 4.79 Å². The third-order valence-corrected chi connectivity index (χ3v) is 7.62. The fraction of sp³-hybridized carbons (Fsp3) is 0.806. The first kappa shape index (κ1) is 38.6. The smallest absolute Gasteiger partial charge is 0.220 e. The molecule has 0 heterocycles. The summed E-state index contributed by atoms with van der Waals surface area (Å²) in [6.07, 6.45) is 40.7. The Morgan fingerprint density at radius 1 is 0.600 bits per heavy atom. The maximum atomic E-state index is 12.3. The highest BCUT2D eigenvalue weighted by atomic mass is 16.3. The highest BCUT2D eigenvalue weighted by molar-refractivity contribution is 5.76. The molecule has 0 aromatic heterocycles. The van der Waals surface area contributed by atoms with E-state index in [1.54, 1.807) is 6.08 Å². The molecule has 1 amide bonds. The minimum atomic E-state index is -0.841. The van der Waals surface area contributed by atoms with Crippen molar-refractivity contribution in [3.63, 3.8) is 0 Å². The number of unbranched alkanes of at least 4 members (excludes halogenated alkanes) is 19. The summed E-state index contributed by atoms with van der Waals surface area (Å²) in [7, 11) is 0. The summed E-state index contributed by atoms with van der Waals surface area (Å²) in [6.45, 7) is 4.25. The molecule has 2 atom stereocenters. The summed E-state index contributed by atoms with van der Waals surface area (Å²) in [6, 6.07) is -0.626. The fourth-order valence-electron chi connectivity index (χ4n) is 4.91. The van der Waals surface area contributed by atoms with E-state index in [1.807, 2.05) is 6.08 Å². The minimum Gasteiger partial charge on any atom is -0.394 e. The Kier molecular flexibility index (Phi) is 31.0. The van der Waals surface area contributed by atoms with Crippen LogP contribution in [0, 0.1) is 0 Å². The first-order valence-corrected chi connectivity index (χ1v) is 17.2. The van der Waals surface area contributed by atoms with Crippen LogP contribution in [0.1, 0.15) is 168 Å². The van der Waals surface area contributed by atoms with E-state index >= 15 is 0 Å². The number of carbonyl (C=O) groups is 1. The van der Waals surface area contributed by atoms with Crippen molar-refractivity contribution in [1.82, 2.24) is 5.32 Å². The van der Waals surface area contributed by atoms with Crippen LogP contribution in [-0.4, -0.2) is 34.9 Å². The molecule has 4 nitrogen and oxygen atoms in total. The zero-order valence-electron chi connectivity index (χ0n) is 26.6. The summed E-state index contributed by atoms with van der Waals surface area (Å²) >= 11 is 0. The average molecular weight is 562 g/mol. The van der Waals surface area contributed by atoms with E-state index < -0.39 is 12.1 Å². The van der Waals surface area contributed by atoms with Gasteiger partial charge in [-0.1, -0.05) is 147 Å². The molecule has 0 rings (SSSR count). The van der Waals surface area contributed by atoms with E-state index in [4.69, 9.17) is 0 Å². The molecule has 0 aliphatic carbocycles. The lowest BCUT2D eigenvalue weighted by Gasteiger charge is -2.20. The van der Waals surface area contributed by atoms with Crippen molar-refractivity contribution in [2.75, 3.05) is 6.61 Å². The normalized spacial score (nSPS) is 13.6. The molecule has 0 aromatic rings. The van der Waals surface area contributed by atoms with Crippen LogP contribution in [0.3, 0.4) is 0 Å². The fourth-order valence-corrected chi connectivity index (χ4v) is 4.91. The van der Waals surface area contributed by atoms with Gasteiger partial charge < -0.3 is 15.5 Å². The Morgan fingerprint density at radius 2 is 1.02 bits per heavy atom. The van der Waals surface area contributed by atoms with Gasteiger partial charge in [-0.3, -0.25) is 4.79 Å². The van der Waals surface area contributed by atoms with Crippen molar-refractivity contribution in [3.05, 3.63) is 36.5 Å². The first-order valence-electron chi connectivity index (χ1n) is 17.2. The zero-order chi connectivity index (χ0) is 29.4. The van der Waals surface area contributed by atoms with Crippen molar-refractivity contribution in [3.8, 4) is 0 Å². The van der Waals surface area contributed by atoms with Crippen LogP contribution in [0.15, 0.2) is 36.5 Å². The second-order valence-corrected chi connectivity index (χ2v) is 11.6. The molecule has 2 unspecified atom stereocenters. The highest BCUT2D eigenvalue weighted by Gasteiger charge is 2.17. The van der Waals surface area contributed by atoms with Crippen LogP contribution in [0.5, 0.6) is 0 Å². The van der Waals surface area contributed by atoms with Gasteiger partial charge in [-0.2, -0.15) is 0 Å². The lowest BCUT2D eigenvalue weighted by atomic mass is 10.0. The summed E-state index contributed by atoms with van der Waals surface area (Å²) in [5.41, 5.74) is 0. The van der Waals surface area contributed by atoms with Crippen molar-refractivity contribution in [1.29, 1.82) is 0 Å². The molecule has 0 bridgehead atoms. The molecule has 0 aliphatic heterocycles. The number of amides is 1. The highest BCUT2D eigenvalue weighted by Crippen LogP contribution is 2.13. The van der Waals surface area contributed by atoms with Gasteiger partial charge in [0, 0.05) is 6.42 Å². The number of allylic oxidation sites excluding steroid dienone is 5. The average Bonchev–Trinajstić information content (AvgIpc) is 2.96. The van der Waals surface area contributed by atoms with E-state index in [9.17, 15) is 15.0 Å². The maximum absolute atomic E-state index is 12.3. The number of hydrogen-bond donors (Lipinski definition) is 3. The van der Waals surface area contributed by atoms with Gasteiger partial charge in [-0.15, -0.1) is 0 Å². The molecule has 4 heteroatoms. The van der Waals surface area contributed by atoms with Gasteiger partial charge in [-0.05, 0) is 51.4 Å². The standard InChI is InChI=1S/C36H67NO3/c1-3-5-7-9-11-13-15-17-18-20-22-24-26-28-30-32-36(40)37-34(33-38)35(39)31-29-27-25-23-21-19-16-14-12-10-8-6-4-2/h11,13,17-18,29,31,34-35,38-39H,3-10,12,14-16,19-28,30,32-33H2,1-2H3,(H,37,40). The quantitative estimate of drug-likeness (QED) is 0.0603. The Morgan fingerprint density at radius 3 is 1.55 bits per heavy atom. The Labute approximate surface area is 249 Å². The number of rotatable bonds is 30. The first-order chi connectivity index (χ1) is 19.7. The molecule has 0 saturated carbocycles. The molecular formula is C36H67NO3. The predicted octanol–water partition coefficient (Wildman–Crippen LogP) is 9.90. The van der Waals surface area contributed by atoms with E-state index in [-0.39, 0.29) is 12.5 Å². The third-order valence-electron chi connectivity index (χ3n) is 7.62. The second-order valence-electron chi connectivity index (χ2n) is 11.6. The van der Waals surface area contributed by atoms with Gasteiger partial charge in [0.1, 0.15) is 0 Å². The van der Waals surface area contributed by atoms with E-state index in [0.29, 0.717) is 6.42 Å². The number of carbonyl (C=O) groups excluding carboxylic acids is 1. The molecule has 40 heavy (non-hydrogen) atoms. The molecule has 0 saturated heterocycles. The summed E-state index contributed by atoms with van der Waals surface area (Å²) < 4.78 is 0. The second kappa shape index (κ2) is 32.1. The molecule has 234 valence electrons. The van der Waals surface area contributed by atoms with Gasteiger partial charge in [0.05, 0.1) is 18.8 Å². The van der Waals surface area contributed by atoms with Gasteiger partial charge in [-0.25, -0.2) is 0 Å². The van der Waals surface area contributed by atoms with Gasteiger partial charge >= 0.3 is 0 Å². The molecule has 0 aliphatic rings. The van der Waals surface area contributed by atoms with Crippen LogP contribution < -0.4 is 5.32 Å². The van der Waals surface area contributed by atoms with Crippen molar-refractivity contribution in [2.24, 2.45) is 0 Å². The van der Waals surface area contributed by atoms with Crippen molar-refractivity contribution < 1.29 is 15.0 Å². The SMILES string of the molecule is CCCCCC=CCC=CCCCCCCCC(=O)NC(CO)C(O)C=CCCCCCCCCCCCCC. The monoisotopic (exact) mass is 562 g/mol. The zero-order valence-corrected chi connectivity index (χ0v) is 26.6. The van der Waals surface area contributed by atoms with E-state index in [2.05, 4.69) is 43.5 Å². The largest absolute Gasteiger partial charge is 0.394 e. The maximum Gasteiger partial charge on any atom is 0.220 e. The predicted molar refractivity (Wildman–Crippen MR) is 175 cm³/mol. The number of hydrogen-bond acceptors (Lipinski definition) is 3. The van der Waals surface area contributed by atoms with Gasteiger partial charge in [0.2, 0.25) is 5.91 Å². The lowest BCUT2D eigenvalue weighted by molar-refractivity contribution is -0.123. The summed E-state index contributed by atoms with van der Waals surface area (Å²) in [4.78, 5) is 12.3. The van der Waals surface area contributed by atoms with Crippen LogP contribution in [0.25, 0.3) is 0 Å². The van der Waals surface area contributed by atoms with Crippen molar-refractivity contribution in [2.45, 2.75) is 180 Å². The van der Waals surface area contributed by atoms with Gasteiger partial charge in [0.15, 0.2) is 0 Å². The molecular weight excluding hydrogens is 494 g/mol. The Balaban J connectivity index is 3.69. The minimum absolute atomic E-state index is 0.0810. The number of aliphatic hydroxyl groups excluding tert-OH is 2. The molecule has 0 fully saturated rings. The van der Waals surface area contributed by atoms with Gasteiger partial charge in [0.25, 0.3) is 0 Å². The van der Waals surface area contributed by atoms with Crippen LogP contribution in [0.2, 0.25) is 0 Å². The topological polar surface area (TPSA) is 69.6 Å². The molecule has 0 radical (unpaired) electrons. The van der Waals surface area contributed by atoms with E-state index in [0.717, 1.165) is 44.9 Å². The van der Waals surface area contributed by atoms with E-state index in [1.165, 1.54) is 103 Å². The molecule has 0 aromatic carbocycles. The lowest BCUT2D eigenvalue weighted by Crippen LogP contribution is -2.45. The van der Waals surface area contributed by atoms with Crippen molar-refractivity contribution >= 4 is 5.91 Å². The third kappa shape index (κ3) is 28.1. The molecule has 3 N–H and O–H groups in total. The summed E-state index contributed by atoms with van der Waals surface area (Å²) in [5, 5.41) is 22.8. The summed E-state index contributed by atoms with van der Waals surface area (Å²) in [5.74, 6) is -0.0810.